The second-order valence-electron chi connectivity index (χ2n) is 8.14. The number of hydrogen-bond donors (Lipinski definition) is 2. The number of aryl methyl sites for hydroxylation is 2. The highest BCUT2D eigenvalue weighted by Crippen LogP contribution is 2.37. The SMILES string of the molecule is Cc1[nH]c2c(F)ccc(C)c2c1CCNc1ncnc2cc(-c3ccc(C(F)(F)F)cc3)sc12. The molecule has 9 heteroatoms. The Bertz CT molecular complexity index is 1500. The molecule has 0 saturated carbocycles. The number of nitrogens with zero attached hydrogens (tertiary/aromatic N) is 2. The molecule has 2 aromatic carbocycles. The van der Waals surface area contributed by atoms with Crippen LogP contribution in [0.5, 0.6) is 0 Å². The highest BCUT2D eigenvalue weighted by atomic mass is 32.1. The largest absolute Gasteiger partial charge is 0.416 e. The van der Waals surface area contributed by atoms with E-state index in [2.05, 4.69) is 20.3 Å². The highest BCUT2D eigenvalue weighted by Gasteiger charge is 2.30. The number of hydrogen-bond acceptors (Lipinski definition) is 4. The molecule has 0 saturated heterocycles. The topological polar surface area (TPSA) is 53.6 Å². The Hall–Kier alpha value is -3.46. The summed E-state index contributed by atoms with van der Waals surface area (Å²) in [6.07, 6.45) is -2.24. The first-order valence-electron chi connectivity index (χ1n) is 10.6. The van der Waals surface area contributed by atoms with Crippen molar-refractivity contribution in [1.29, 1.82) is 0 Å². The van der Waals surface area contributed by atoms with E-state index in [9.17, 15) is 17.6 Å². The van der Waals surface area contributed by atoms with Gasteiger partial charge in [0.2, 0.25) is 0 Å². The molecule has 2 N–H and O–H groups in total. The van der Waals surface area contributed by atoms with Crippen molar-refractivity contribution in [2.24, 2.45) is 0 Å². The van der Waals surface area contributed by atoms with Crippen LogP contribution in [0.2, 0.25) is 0 Å². The van der Waals surface area contributed by atoms with Gasteiger partial charge in [-0.15, -0.1) is 11.3 Å². The maximum Gasteiger partial charge on any atom is 0.416 e. The minimum Gasteiger partial charge on any atom is -0.368 e. The molecule has 5 aromatic rings. The summed E-state index contributed by atoms with van der Waals surface area (Å²) >= 11 is 1.42. The normalized spacial score (nSPS) is 12.1. The molecule has 0 atom stereocenters. The third-order valence-corrected chi connectivity index (χ3v) is 7.09. The Morgan fingerprint density at radius 2 is 1.79 bits per heavy atom. The Morgan fingerprint density at radius 3 is 2.53 bits per heavy atom. The van der Waals surface area contributed by atoms with Crippen LogP contribution in [0.15, 0.2) is 48.8 Å². The van der Waals surface area contributed by atoms with Gasteiger partial charge in [0.05, 0.1) is 21.3 Å². The van der Waals surface area contributed by atoms with E-state index >= 15 is 0 Å². The smallest absolute Gasteiger partial charge is 0.368 e. The van der Waals surface area contributed by atoms with E-state index in [4.69, 9.17) is 0 Å². The zero-order valence-electron chi connectivity index (χ0n) is 18.3. The molecule has 0 bridgehead atoms. The van der Waals surface area contributed by atoms with E-state index in [0.29, 0.717) is 29.9 Å². The molecule has 0 spiro atoms. The van der Waals surface area contributed by atoms with Crippen LogP contribution in [0.1, 0.15) is 22.4 Å². The van der Waals surface area contributed by atoms with E-state index < -0.39 is 11.7 Å². The van der Waals surface area contributed by atoms with Crippen molar-refractivity contribution in [3.8, 4) is 10.4 Å². The summed E-state index contributed by atoms with van der Waals surface area (Å²) in [6, 6.07) is 10.2. The van der Waals surface area contributed by atoms with Gasteiger partial charge >= 0.3 is 6.18 Å². The number of aromatic nitrogens is 3. The van der Waals surface area contributed by atoms with Crippen molar-refractivity contribution in [1.82, 2.24) is 15.0 Å². The van der Waals surface area contributed by atoms with Gasteiger partial charge < -0.3 is 10.3 Å². The predicted molar refractivity (Wildman–Crippen MR) is 128 cm³/mol. The third-order valence-electron chi connectivity index (χ3n) is 5.91. The summed E-state index contributed by atoms with van der Waals surface area (Å²) in [5, 5.41) is 4.26. The number of H-pyrrole nitrogens is 1. The Labute approximate surface area is 196 Å². The number of anilines is 1. The summed E-state index contributed by atoms with van der Waals surface area (Å²) in [7, 11) is 0. The number of benzene rings is 2. The number of halogens is 4. The lowest BCUT2D eigenvalue weighted by Crippen LogP contribution is -2.07. The van der Waals surface area contributed by atoms with Gasteiger partial charge in [0, 0.05) is 22.5 Å². The van der Waals surface area contributed by atoms with Crippen LogP contribution in [0.25, 0.3) is 31.6 Å². The lowest BCUT2D eigenvalue weighted by Gasteiger charge is -2.08. The third kappa shape index (κ3) is 4.00. The number of fused-ring (bicyclic) bond motifs is 2. The first-order valence-corrected chi connectivity index (χ1v) is 11.5. The van der Waals surface area contributed by atoms with Crippen molar-refractivity contribution in [2.75, 3.05) is 11.9 Å². The van der Waals surface area contributed by atoms with E-state index in [1.165, 1.54) is 35.9 Å². The number of alkyl halides is 3. The molecule has 3 aromatic heterocycles. The quantitative estimate of drug-likeness (QED) is 0.258. The van der Waals surface area contributed by atoms with E-state index in [-0.39, 0.29) is 5.82 Å². The van der Waals surface area contributed by atoms with Gasteiger partial charge in [0.1, 0.15) is 18.0 Å². The minimum atomic E-state index is -4.37. The maximum absolute atomic E-state index is 14.2. The van der Waals surface area contributed by atoms with Gasteiger partial charge in [-0.2, -0.15) is 13.2 Å². The monoisotopic (exact) mass is 484 g/mol. The predicted octanol–water partition coefficient (Wildman–Crippen LogP) is 7.27. The van der Waals surface area contributed by atoms with Crippen LogP contribution in [-0.2, 0) is 12.6 Å². The van der Waals surface area contributed by atoms with Gasteiger partial charge in [-0.1, -0.05) is 18.2 Å². The van der Waals surface area contributed by atoms with Crippen LogP contribution in [-0.4, -0.2) is 21.5 Å². The van der Waals surface area contributed by atoms with E-state index in [1.807, 2.05) is 19.9 Å². The van der Waals surface area contributed by atoms with Crippen LogP contribution in [0.3, 0.4) is 0 Å². The molecule has 3 heterocycles. The van der Waals surface area contributed by atoms with Gasteiger partial charge in [-0.05, 0) is 61.2 Å². The summed E-state index contributed by atoms with van der Waals surface area (Å²) < 4.78 is 53.7. The Morgan fingerprint density at radius 1 is 1.03 bits per heavy atom. The standard InChI is InChI=1S/C25H20F4N4S/c1-13-3-8-18(26)22-21(13)17(14(2)33-22)9-10-30-24-23-19(31-12-32-24)11-20(34-23)15-4-6-16(7-5-15)25(27,28)29/h3-8,11-12,33H,9-10H2,1-2H3,(H,30,31,32). The van der Waals surface area contributed by atoms with Crippen LogP contribution in [0, 0.1) is 19.7 Å². The molecule has 4 nitrogen and oxygen atoms in total. The average molecular weight is 485 g/mol. The minimum absolute atomic E-state index is 0.269. The van der Waals surface area contributed by atoms with E-state index in [1.54, 1.807) is 6.07 Å². The summed E-state index contributed by atoms with van der Waals surface area (Å²) in [6.45, 7) is 4.48. The van der Waals surface area contributed by atoms with Crippen molar-refractivity contribution in [3.05, 3.63) is 77.0 Å². The number of thiophene rings is 1. The molecule has 0 fully saturated rings. The summed E-state index contributed by atoms with van der Waals surface area (Å²) in [5.41, 5.74) is 4.26. The second-order valence-corrected chi connectivity index (χ2v) is 9.19. The van der Waals surface area contributed by atoms with E-state index in [0.717, 1.165) is 49.4 Å². The summed E-state index contributed by atoms with van der Waals surface area (Å²) in [4.78, 5) is 12.6. The molecule has 0 radical (unpaired) electrons. The molecule has 0 amide bonds. The molecule has 0 unspecified atom stereocenters. The van der Waals surface area contributed by atoms with Crippen LogP contribution in [0.4, 0.5) is 23.4 Å². The van der Waals surface area contributed by atoms with Gasteiger partial charge in [0.15, 0.2) is 0 Å². The van der Waals surface area contributed by atoms with Crippen molar-refractivity contribution >= 4 is 38.3 Å². The van der Waals surface area contributed by atoms with Crippen molar-refractivity contribution < 1.29 is 17.6 Å². The number of rotatable bonds is 5. The first-order chi connectivity index (χ1) is 16.2. The van der Waals surface area contributed by atoms with Crippen molar-refractivity contribution in [3.63, 3.8) is 0 Å². The van der Waals surface area contributed by atoms with Crippen LogP contribution >= 0.6 is 11.3 Å². The molecule has 174 valence electrons. The average Bonchev–Trinajstić information content (AvgIpc) is 3.38. The number of aromatic amines is 1. The molecular formula is C25H20F4N4S. The van der Waals surface area contributed by atoms with Gasteiger partial charge in [0.25, 0.3) is 0 Å². The summed E-state index contributed by atoms with van der Waals surface area (Å²) in [5.74, 6) is 0.392. The zero-order chi connectivity index (χ0) is 24.0. The molecule has 0 aliphatic heterocycles. The lowest BCUT2D eigenvalue weighted by molar-refractivity contribution is -0.137. The van der Waals surface area contributed by atoms with Crippen LogP contribution < -0.4 is 5.32 Å². The first kappa shape index (κ1) is 22.3. The molecular weight excluding hydrogens is 464 g/mol. The lowest BCUT2D eigenvalue weighted by atomic mass is 10.0. The van der Waals surface area contributed by atoms with Gasteiger partial charge in [-0.3, -0.25) is 0 Å². The molecule has 0 aliphatic carbocycles. The number of nitrogens with one attached hydrogen (secondary N) is 2. The fraction of sp³-hybridized carbons (Fsp3) is 0.200. The molecule has 5 rings (SSSR count). The second kappa shape index (κ2) is 8.39. The Kier molecular flexibility index (Phi) is 5.51. The fourth-order valence-electron chi connectivity index (χ4n) is 4.21. The van der Waals surface area contributed by atoms with Gasteiger partial charge in [-0.25, -0.2) is 14.4 Å². The zero-order valence-corrected chi connectivity index (χ0v) is 19.2. The highest BCUT2D eigenvalue weighted by molar-refractivity contribution is 7.22. The molecule has 34 heavy (non-hydrogen) atoms. The Balaban J connectivity index is 1.39. The fourth-order valence-corrected chi connectivity index (χ4v) is 5.29. The maximum atomic E-state index is 14.2. The molecule has 0 aliphatic rings. The van der Waals surface area contributed by atoms with Crippen molar-refractivity contribution in [2.45, 2.75) is 26.4 Å².